The van der Waals surface area contributed by atoms with E-state index in [0.717, 1.165) is 6.42 Å². The van der Waals surface area contributed by atoms with E-state index < -0.39 is 16.5 Å². The summed E-state index contributed by atoms with van der Waals surface area (Å²) in [6.45, 7) is 14.1. The Morgan fingerprint density at radius 1 is 0.889 bits per heavy atom. The molecule has 5 heteroatoms. The van der Waals surface area contributed by atoms with Crippen molar-refractivity contribution in [1.29, 1.82) is 10.5 Å². The Labute approximate surface area is 114 Å². The van der Waals surface area contributed by atoms with E-state index in [2.05, 4.69) is 32.6 Å². The molecule has 0 aromatic carbocycles. The van der Waals surface area contributed by atoms with E-state index in [-0.39, 0.29) is 5.54 Å². The van der Waals surface area contributed by atoms with E-state index in [4.69, 9.17) is 10.5 Å². The van der Waals surface area contributed by atoms with E-state index in [1.54, 1.807) is 20.0 Å². The Kier molecular flexibility index (Phi) is 9.23. The number of nitrogens with zero attached hydrogens (tertiary/aromatic N) is 2. The molecular formula is C13H27FN2Si2. The van der Waals surface area contributed by atoms with Gasteiger partial charge in [0, 0.05) is 20.9 Å². The largest absolute Gasteiger partial charge is 0.314 e. The minimum atomic E-state index is -2.50. The molecule has 0 fully saturated rings. The van der Waals surface area contributed by atoms with Gasteiger partial charge in [0.2, 0.25) is 8.41 Å². The van der Waals surface area contributed by atoms with E-state index >= 15 is 0 Å². The molecule has 0 N–H and O–H groups in total. The minimum Gasteiger partial charge on any atom is -0.314 e. The molecule has 0 saturated heterocycles. The lowest BCUT2D eigenvalue weighted by Gasteiger charge is -2.21. The van der Waals surface area contributed by atoms with E-state index in [9.17, 15) is 4.11 Å². The molecule has 18 heavy (non-hydrogen) atoms. The molecule has 0 heterocycles. The van der Waals surface area contributed by atoms with Gasteiger partial charge in [0.15, 0.2) is 0 Å². The lowest BCUT2D eigenvalue weighted by molar-refractivity contribution is 0.724. The highest BCUT2D eigenvalue weighted by Gasteiger charge is 2.28. The molecule has 0 bridgehead atoms. The van der Waals surface area contributed by atoms with Gasteiger partial charge in [-0.15, -0.1) is 0 Å². The molecule has 0 aromatic rings. The standard InChI is InChI=1S/C7H15NSi.C6H12FNSi/c1-7(5-6-8)9(2,3)4;1-6(4-5-8)9(2,3)7/h7H,5H2,1-4H3;6H,4H2,1-3H3. The highest BCUT2D eigenvalue weighted by Crippen LogP contribution is 2.24. The summed E-state index contributed by atoms with van der Waals surface area (Å²) in [5.41, 5.74) is 0.616. The summed E-state index contributed by atoms with van der Waals surface area (Å²) in [7, 11) is -3.51. The summed E-state index contributed by atoms with van der Waals surface area (Å²) in [6.07, 6.45) is 1.09. The van der Waals surface area contributed by atoms with Gasteiger partial charge in [0.1, 0.15) is 0 Å². The summed E-state index contributed by atoms with van der Waals surface area (Å²) in [4.78, 5) is 0. The van der Waals surface area contributed by atoms with Crippen LogP contribution in [0.3, 0.4) is 0 Å². The molecule has 2 atom stereocenters. The van der Waals surface area contributed by atoms with Crippen molar-refractivity contribution in [3.8, 4) is 12.1 Å². The van der Waals surface area contributed by atoms with Gasteiger partial charge in [0.25, 0.3) is 0 Å². The predicted octanol–water partition coefficient (Wildman–Crippen LogP) is 5.09. The Morgan fingerprint density at radius 3 is 1.33 bits per heavy atom. The predicted molar refractivity (Wildman–Crippen MR) is 81.2 cm³/mol. The average molecular weight is 287 g/mol. The fourth-order valence-corrected chi connectivity index (χ4v) is 2.10. The van der Waals surface area contributed by atoms with Crippen LogP contribution in [0.1, 0.15) is 26.7 Å². The zero-order valence-electron chi connectivity index (χ0n) is 12.8. The topological polar surface area (TPSA) is 47.6 Å². The number of rotatable bonds is 4. The maximum absolute atomic E-state index is 13.0. The first-order valence-corrected chi connectivity index (χ1v) is 12.9. The number of halogens is 1. The van der Waals surface area contributed by atoms with Gasteiger partial charge in [-0.05, 0) is 24.2 Å². The van der Waals surface area contributed by atoms with E-state index in [0.29, 0.717) is 12.0 Å². The van der Waals surface area contributed by atoms with Crippen LogP contribution in [0.4, 0.5) is 4.11 Å². The van der Waals surface area contributed by atoms with Crippen molar-refractivity contribution in [3.05, 3.63) is 0 Å². The van der Waals surface area contributed by atoms with Crippen molar-refractivity contribution >= 4 is 16.5 Å². The molecule has 0 aromatic heterocycles. The monoisotopic (exact) mass is 286 g/mol. The summed E-state index contributed by atoms with van der Waals surface area (Å²) in [5.74, 6) is 0. The molecule has 104 valence electrons. The molecule has 0 aliphatic heterocycles. The SMILES string of the molecule is CC(CC#N)[Si](C)(C)C.CC(CC#N)[Si](C)(C)F. The van der Waals surface area contributed by atoms with Crippen LogP contribution in [-0.2, 0) is 0 Å². The van der Waals surface area contributed by atoms with Crippen LogP contribution in [0.25, 0.3) is 0 Å². The molecule has 0 amide bonds. The smallest absolute Gasteiger partial charge is 0.244 e. The molecule has 0 saturated carbocycles. The highest BCUT2D eigenvalue weighted by atomic mass is 28.4. The zero-order chi connectivity index (χ0) is 15.0. The van der Waals surface area contributed by atoms with Crippen LogP contribution in [0.15, 0.2) is 0 Å². The fraction of sp³-hybridized carbons (Fsp3) is 0.846. The van der Waals surface area contributed by atoms with Crippen molar-refractivity contribution < 1.29 is 4.11 Å². The Morgan fingerprint density at radius 2 is 1.22 bits per heavy atom. The lowest BCUT2D eigenvalue weighted by Crippen LogP contribution is -2.25. The second-order valence-corrected chi connectivity index (χ2v) is 16.3. The van der Waals surface area contributed by atoms with Crippen molar-refractivity contribution in [2.24, 2.45) is 0 Å². The number of nitriles is 2. The van der Waals surface area contributed by atoms with Crippen molar-refractivity contribution in [3.63, 3.8) is 0 Å². The quantitative estimate of drug-likeness (QED) is 0.533. The van der Waals surface area contributed by atoms with Crippen LogP contribution in [-0.4, -0.2) is 16.5 Å². The molecule has 2 unspecified atom stereocenters. The van der Waals surface area contributed by atoms with Crippen molar-refractivity contribution in [1.82, 2.24) is 0 Å². The molecule has 0 aliphatic carbocycles. The van der Waals surface area contributed by atoms with Crippen LogP contribution in [0.2, 0.25) is 43.8 Å². The summed E-state index contributed by atoms with van der Waals surface area (Å²) in [5, 5.41) is 16.6. The average Bonchev–Trinajstić information content (AvgIpc) is 2.16. The maximum Gasteiger partial charge on any atom is 0.244 e. The van der Waals surface area contributed by atoms with Gasteiger partial charge in [0.05, 0.1) is 12.1 Å². The third kappa shape index (κ3) is 10.5. The molecule has 0 aliphatic rings. The second kappa shape index (κ2) is 8.45. The summed E-state index contributed by atoms with van der Waals surface area (Å²) in [6, 6.07) is 4.18. The summed E-state index contributed by atoms with van der Waals surface area (Å²) >= 11 is 0. The third-order valence-electron chi connectivity index (χ3n) is 3.45. The first-order chi connectivity index (χ1) is 7.96. The highest BCUT2D eigenvalue weighted by molar-refractivity contribution is 6.77. The lowest BCUT2D eigenvalue weighted by atomic mass is 10.4. The van der Waals surface area contributed by atoms with Crippen LogP contribution < -0.4 is 0 Å². The van der Waals surface area contributed by atoms with Gasteiger partial charge < -0.3 is 4.11 Å². The number of hydrogen-bond acceptors (Lipinski definition) is 2. The molecule has 0 spiro atoms. The van der Waals surface area contributed by atoms with Gasteiger partial charge in [-0.25, -0.2) is 0 Å². The van der Waals surface area contributed by atoms with Gasteiger partial charge in [-0.3, -0.25) is 0 Å². The van der Waals surface area contributed by atoms with E-state index in [1.165, 1.54) is 0 Å². The van der Waals surface area contributed by atoms with Crippen LogP contribution in [0.5, 0.6) is 0 Å². The second-order valence-electron chi connectivity index (χ2n) is 6.46. The van der Waals surface area contributed by atoms with Gasteiger partial charge >= 0.3 is 0 Å². The minimum absolute atomic E-state index is 0.0255. The molecule has 0 rings (SSSR count). The Balaban J connectivity index is 0. The Hall–Kier alpha value is -0.656. The molecular weight excluding hydrogens is 259 g/mol. The molecule has 0 radical (unpaired) electrons. The number of hydrogen-bond donors (Lipinski definition) is 0. The molecule has 2 nitrogen and oxygen atoms in total. The first kappa shape index (κ1) is 19.7. The van der Waals surface area contributed by atoms with Crippen molar-refractivity contribution in [2.75, 3.05) is 0 Å². The van der Waals surface area contributed by atoms with Crippen LogP contribution >= 0.6 is 0 Å². The fourth-order valence-electron chi connectivity index (χ4n) is 0.823. The maximum atomic E-state index is 13.0. The zero-order valence-corrected chi connectivity index (χ0v) is 14.8. The van der Waals surface area contributed by atoms with Crippen LogP contribution in [0, 0.1) is 22.7 Å². The van der Waals surface area contributed by atoms with Crippen molar-refractivity contribution in [2.45, 2.75) is 70.5 Å². The van der Waals surface area contributed by atoms with Gasteiger partial charge in [-0.1, -0.05) is 33.5 Å². The first-order valence-electron chi connectivity index (χ1n) is 6.39. The third-order valence-corrected chi connectivity index (χ3v) is 9.15. The van der Waals surface area contributed by atoms with Gasteiger partial charge in [-0.2, -0.15) is 10.5 Å². The van der Waals surface area contributed by atoms with E-state index in [1.807, 2.05) is 6.07 Å². The Bertz CT molecular complexity index is 273. The summed E-state index contributed by atoms with van der Waals surface area (Å²) < 4.78 is 13.0. The normalized spacial score (nSPS) is 14.6.